The van der Waals surface area contributed by atoms with Gasteiger partial charge in [0.1, 0.15) is 5.82 Å². The molecule has 0 spiro atoms. The molecule has 0 aliphatic rings. The Morgan fingerprint density at radius 2 is 1.83 bits per heavy atom. The van der Waals surface area contributed by atoms with Gasteiger partial charge in [-0.3, -0.25) is 4.79 Å². The fourth-order valence-electron chi connectivity index (χ4n) is 2.18. The van der Waals surface area contributed by atoms with Crippen LogP contribution in [0.25, 0.3) is 0 Å². The molecule has 0 aromatic heterocycles. The number of carbonyl (C=O) groups is 1. The van der Waals surface area contributed by atoms with Crippen molar-refractivity contribution in [3.8, 4) is 0 Å². The molecule has 1 amide bonds. The summed E-state index contributed by atoms with van der Waals surface area (Å²) in [6.07, 6.45) is 0. The third-order valence-corrected chi connectivity index (χ3v) is 4.87. The number of primary amides is 1. The van der Waals surface area contributed by atoms with Gasteiger partial charge in [-0.1, -0.05) is 36.4 Å². The van der Waals surface area contributed by atoms with Crippen LogP contribution in [0.15, 0.2) is 53.4 Å². The van der Waals surface area contributed by atoms with E-state index in [1.807, 2.05) is 4.72 Å². The van der Waals surface area contributed by atoms with Gasteiger partial charge in [-0.05, 0) is 24.7 Å². The van der Waals surface area contributed by atoms with Crippen LogP contribution in [0.2, 0.25) is 0 Å². The quantitative estimate of drug-likeness (QED) is 0.735. The molecule has 0 saturated carbocycles. The molecule has 2 aromatic carbocycles. The van der Waals surface area contributed by atoms with Gasteiger partial charge in [0.05, 0.1) is 4.90 Å². The molecule has 1 atom stereocenters. The van der Waals surface area contributed by atoms with E-state index >= 15 is 0 Å². The minimum atomic E-state index is -3.86. The number of nitrogens with two attached hydrogens (primary N) is 1. The fourth-order valence-corrected chi connectivity index (χ4v) is 2.93. The molecule has 0 bridgehead atoms. The molecule has 6 nitrogen and oxygen atoms in total. The van der Waals surface area contributed by atoms with Crippen LogP contribution >= 0.6 is 0 Å². The van der Waals surface area contributed by atoms with Gasteiger partial charge >= 0.3 is 0 Å². The number of hydrogen-bond donors (Lipinski definition) is 3. The summed E-state index contributed by atoms with van der Waals surface area (Å²) in [5.41, 5.74) is 2.51. The van der Waals surface area contributed by atoms with Crippen molar-refractivity contribution >= 4 is 15.9 Å². The van der Waals surface area contributed by atoms with E-state index in [4.69, 9.17) is 5.73 Å². The number of sulfonamides is 1. The molecular weight excluding hydrogens is 323 g/mol. The van der Waals surface area contributed by atoms with Gasteiger partial charge in [0.15, 0.2) is 5.60 Å². The predicted molar refractivity (Wildman–Crippen MR) is 81.3 cm³/mol. The molecule has 2 aromatic rings. The number of hydrogen-bond acceptors (Lipinski definition) is 4. The lowest BCUT2D eigenvalue weighted by molar-refractivity contribution is -0.133. The molecule has 8 heteroatoms. The van der Waals surface area contributed by atoms with Gasteiger partial charge < -0.3 is 10.8 Å². The Morgan fingerprint density at radius 3 is 2.30 bits per heavy atom. The summed E-state index contributed by atoms with van der Waals surface area (Å²) >= 11 is 0. The first kappa shape index (κ1) is 17.1. The number of nitrogens with one attached hydrogen (secondary N) is 1. The standard InChI is InChI=1S/C15H15FN2O4S/c1-18-23(21,22)11-7-8-12(13(16)9-11)15(20,14(17)19)10-5-3-2-4-6-10/h2-9,18,20H,1H3,(H2,17,19). The second-order valence-electron chi connectivity index (χ2n) is 4.79. The Labute approximate surface area is 132 Å². The summed E-state index contributed by atoms with van der Waals surface area (Å²) in [5, 5.41) is 10.7. The average Bonchev–Trinajstić information content (AvgIpc) is 2.54. The molecule has 122 valence electrons. The maximum atomic E-state index is 14.4. The normalized spacial score (nSPS) is 14.2. The Hall–Kier alpha value is -2.29. The third-order valence-electron chi connectivity index (χ3n) is 3.46. The highest BCUT2D eigenvalue weighted by atomic mass is 32.2. The monoisotopic (exact) mass is 338 g/mol. The summed E-state index contributed by atoms with van der Waals surface area (Å²) in [5.74, 6) is -2.24. The molecule has 0 heterocycles. The molecular formula is C15H15FN2O4S. The molecule has 23 heavy (non-hydrogen) atoms. The lowest BCUT2D eigenvalue weighted by Crippen LogP contribution is -2.43. The summed E-state index contributed by atoms with van der Waals surface area (Å²) in [7, 11) is -2.67. The van der Waals surface area contributed by atoms with E-state index in [9.17, 15) is 22.7 Å². The van der Waals surface area contributed by atoms with Crippen molar-refractivity contribution in [2.24, 2.45) is 5.73 Å². The first-order valence-corrected chi connectivity index (χ1v) is 8.03. The zero-order valence-electron chi connectivity index (χ0n) is 12.2. The molecule has 2 rings (SSSR count). The van der Waals surface area contributed by atoms with Crippen molar-refractivity contribution < 1.29 is 22.7 Å². The van der Waals surface area contributed by atoms with Crippen LogP contribution in [0.5, 0.6) is 0 Å². The van der Waals surface area contributed by atoms with Crippen molar-refractivity contribution in [3.05, 3.63) is 65.5 Å². The van der Waals surface area contributed by atoms with Crippen molar-refractivity contribution in [2.75, 3.05) is 7.05 Å². The van der Waals surface area contributed by atoms with E-state index in [0.717, 1.165) is 18.2 Å². The Bertz CT molecular complexity index is 840. The van der Waals surface area contributed by atoms with Crippen molar-refractivity contribution in [1.82, 2.24) is 4.72 Å². The van der Waals surface area contributed by atoms with Crippen LogP contribution in [0.3, 0.4) is 0 Å². The molecule has 0 radical (unpaired) electrons. The highest BCUT2D eigenvalue weighted by Gasteiger charge is 2.40. The summed E-state index contributed by atoms with van der Waals surface area (Å²) in [6, 6.07) is 10.4. The van der Waals surface area contributed by atoms with Crippen molar-refractivity contribution in [2.45, 2.75) is 10.5 Å². The van der Waals surface area contributed by atoms with E-state index < -0.39 is 32.9 Å². The van der Waals surface area contributed by atoms with Crippen LogP contribution in [-0.2, 0) is 20.4 Å². The number of rotatable bonds is 5. The largest absolute Gasteiger partial charge is 0.372 e. The van der Waals surface area contributed by atoms with Gasteiger partial charge in [-0.25, -0.2) is 17.5 Å². The number of amides is 1. The predicted octanol–water partition coefficient (Wildman–Crippen LogP) is 0.455. The third kappa shape index (κ3) is 2.96. The van der Waals surface area contributed by atoms with E-state index in [1.165, 1.54) is 19.2 Å². The first-order chi connectivity index (χ1) is 10.7. The fraction of sp³-hybridized carbons (Fsp3) is 0.133. The maximum absolute atomic E-state index is 14.4. The number of aliphatic hydroxyl groups is 1. The van der Waals surface area contributed by atoms with Crippen LogP contribution in [0, 0.1) is 5.82 Å². The smallest absolute Gasteiger partial charge is 0.258 e. The topological polar surface area (TPSA) is 109 Å². The molecule has 0 aliphatic heterocycles. The second kappa shape index (κ2) is 6.07. The maximum Gasteiger partial charge on any atom is 0.258 e. The van der Waals surface area contributed by atoms with Crippen molar-refractivity contribution in [1.29, 1.82) is 0 Å². The molecule has 0 fully saturated rings. The summed E-state index contributed by atoms with van der Waals surface area (Å²) in [6.45, 7) is 0. The van der Waals surface area contributed by atoms with E-state index in [-0.39, 0.29) is 10.5 Å². The van der Waals surface area contributed by atoms with E-state index in [2.05, 4.69) is 0 Å². The lowest BCUT2D eigenvalue weighted by Gasteiger charge is -2.26. The van der Waals surface area contributed by atoms with E-state index in [1.54, 1.807) is 18.2 Å². The van der Waals surface area contributed by atoms with E-state index in [0.29, 0.717) is 0 Å². The second-order valence-corrected chi connectivity index (χ2v) is 6.68. The number of carbonyl (C=O) groups excluding carboxylic acids is 1. The molecule has 0 saturated heterocycles. The van der Waals surface area contributed by atoms with Crippen LogP contribution in [0.1, 0.15) is 11.1 Å². The molecule has 1 unspecified atom stereocenters. The Morgan fingerprint density at radius 1 is 1.22 bits per heavy atom. The van der Waals surface area contributed by atoms with Gasteiger partial charge in [0.25, 0.3) is 5.91 Å². The first-order valence-electron chi connectivity index (χ1n) is 6.55. The number of benzene rings is 2. The van der Waals surface area contributed by atoms with Crippen LogP contribution in [-0.4, -0.2) is 26.5 Å². The summed E-state index contributed by atoms with van der Waals surface area (Å²) < 4.78 is 39.8. The molecule has 0 aliphatic carbocycles. The van der Waals surface area contributed by atoms with Crippen LogP contribution in [0.4, 0.5) is 4.39 Å². The zero-order chi connectivity index (χ0) is 17.3. The Balaban J connectivity index is 2.65. The number of halogens is 1. The zero-order valence-corrected chi connectivity index (χ0v) is 13.0. The highest BCUT2D eigenvalue weighted by molar-refractivity contribution is 7.89. The minimum absolute atomic E-state index is 0.0793. The van der Waals surface area contributed by atoms with Crippen LogP contribution < -0.4 is 10.5 Å². The van der Waals surface area contributed by atoms with Crippen molar-refractivity contribution in [3.63, 3.8) is 0 Å². The molecule has 4 N–H and O–H groups in total. The summed E-state index contributed by atoms with van der Waals surface area (Å²) in [4.78, 5) is 11.5. The average molecular weight is 338 g/mol. The van der Waals surface area contributed by atoms with Gasteiger partial charge in [-0.2, -0.15) is 0 Å². The van der Waals surface area contributed by atoms with Gasteiger partial charge in [0, 0.05) is 5.56 Å². The Kier molecular flexibility index (Phi) is 4.51. The van der Waals surface area contributed by atoms with Gasteiger partial charge in [0.2, 0.25) is 10.0 Å². The SMILES string of the molecule is CNS(=O)(=O)c1ccc(C(O)(C(N)=O)c2ccccc2)c(F)c1. The lowest BCUT2D eigenvalue weighted by atomic mass is 9.85. The highest BCUT2D eigenvalue weighted by Crippen LogP contribution is 2.32. The minimum Gasteiger partial charge on any atom is -0.372 e. The van der Waals surface area contributed by atoms with Gasteiger partial charge in [-0.15, -0.1) is 0 Å².